The van der Waals surface area contributed by atoms with Crippen molar-refractivity contribution < 1.29 is 19.4 Å². The molecule has 5 nitrogen and oxygen atoms in total. The van der Waals surface area contributed by atoms with E-state index in [1.165, 1.54) is 7.11 Å². The van der Waals surface area contributed by atoms with Crippen LogP contribution >= 0.6 is 39.1 Å². The van der Waals surface area contributed by atoms with Crippen LogP contribution in [0.2, 0.25) is 10.0 Å². The quantitative estimate of drug-likeness (QED) is 0.583. The first-order valence-corrected chi connectivity index (χ1v) is 9.26. The number of aliphatic carboxylic acids is 1. The van der Waals surface area contributed by atoms with E-state index in [0.29, 0.717) is 33.7 Å². The zero-order valence-corrected chi connectivity index (χ0v) is 17.3. The second-order valence-electron chi connectivity index (χ2n) is 5.52. The van der Waals surface area contributed by atoms with Crippen LogP contribution in [0.5, 0.6) is 11.5 Å². The van der Waals surface area contributed by atoms with Gasteiger partial charge in [0.1, 0.15) is 12.6 Å². The SMILES string of the molecule is COc1cc(CNC(C)C(=O)O)c(Br)cc1OCc1c(Cl)cccc1Cl. The smallest absolute Gasteiger partial charge is 0.320 e. The summed E-state index contributed by atoms with van der Waals surface area (Å²) in [6.45, 7) is 2.13. The molecule has 1 atom stereocenters. The number of halogens is 3. The molecule has 26 heavy (non-hydrogen) atoms. The van der Waals surface area contributed by atoms with Crippen molar-refractivity contribution in [3.8, 4) is 11.5 Å². The summed E-state index contributed by atoms with van der Waals surface area (Å²) in [5.74, 6) is 0.131. The predicted octanol–water partition coefficient (Wildman–Crippen LogP) is 4.91. The van der Waals surface area contributed by atoms with Crippen LogP contribution in [0.4, 0.5) is 0 Å². The molecule has 0 aliphatic heterocycles. The lowest BCUT2D eigenvalue weighted by atomic mass is 10.2. The Morgan fingerprint density at radius 2 is 1.92 bits per heavy atom. The molecule has 0 spiro atoms. The normalized spacial score (nSPS) is 11.9. The Morgan fingerprint density at radius 1 is 1.27 bits per heavy atom. The number of rotatable bonds is 8. The fraction of sp³-hybridized carbons (Fsp3) is 0.278. The van der Waals surface area contributed by atoms with Crippen molar-refractivity contribution in [2.75, 3.05) is 7.11 Å². The van der Waals surface area contributed by atoms with Gasteiger partial charge in [-0.2, -0.15) is 0 Å². The molecule has 0 amide bonds. The molecular formula is C18H18BrCl2NO4. The van der Waals surface area contributed by atoms with Gasteiger partial charge in [-0.15, -0.1) is 0 Å². The van der Waals surface area contributed by atoms with Crippen LogP contribution in [0.25, 0.3) is 0 Å². The molecule has 2 aromatic carbocycles. The standard InChI is InChI=1S/C18H18BrCl2NO4/c1-10(18(23)24)22-8-11-6-16(25-2)17(7-13(11)19)26-9-12-14(20)4-3-5-15(12)21/h3-7,10,22H,8-9H2,1-2H3,(H,23,24). The third-order valence-corrected chi connectivity index (χ3v) is 5.18. The van der Waals surface area contributed by atoms with Gasteiger partial charge in [0.15, 0.2) is 11.5 Å². The van der Waals surface area contributed by atoms with E-state index in [9.17, 15) is 4.79 Å². The average molecular weight is 463 g/mol. The summed E-state index contributed by atoms with van der Waals surface area (Å²) < 4.78 is 12.0. The molecular weight excluding hydrogens is 445 g/mol. The molecule has 2 rings (SSSR count). The van der Waals surface area contributed by atoms with Gasteiger partial charge in [0, 0.05) is 26.6 Å². The Labute approximate surface area is 170 Å². The van der Waals surface area contributed by atoms with Gasteiger partial charge < -0.3 is 19.9 Å². The minimum Gasteiger partial charge on any atom is -0.493 e. The number of carbonyl (C=O) groups is 1. The molecule has 0 saturated carbocycles. The summed E-state index contributed by atoms with van der Waals surface area (Å²) in [4.78, 5) is 10.9. The zero-order chi connectivity index (χ0) is 19.3. The van der Waals surface area contributed by atoms with Gasteiger partial charge in [-0.05, 0) is 36.8 Å². The van der Waals surface area contributed by atoms with Crippen molar-refractivity contribution in [3.05, 3.63) is 56.0 Å². The van der Waals surface area contributed by atoms with Crippen LogP contribution in [0.3, 0.4) is 0 Å². The molecule has 140 valence electrons. The summed E-state index contributed by atoms with van der Waals surface area (Å²) in [6.07, 6.45) is 0. The lowest BCUT2D eigenvalue weighted by Gasteiger charge is -2.16. The van der Waals surface area contributed by atoms with Crippen molar-refractivity contribution in [1.82, 2.24) is 5.32 Å². The summed E-state index contributed by atoms with van der Waals surface area (Å²) >= 11 is 15.8. The molecule has 0 fully saturated rings. The van der Waals surface area contributed by atoms with Gasteiger partial charge >= 0.3 is 5.97 Å². The highest BCUT2D eigenvalue weighted by Crippen LogP contribution is 2.35. The molecule has 8 heteroatoms. The van der Waals surface area contributed by atoms with Gasteiger partial charge in [-0.1, -0.05) is 45.2 Å². The number of carboxylic acid groups (broad SMARTS) is 1. The van der Waals surface area contributed by atoms with E-state index in [1.54, 1.807) is 37.3 Å². The topological polar surface area (TPSA) is 67.8 Å². The maximum atomic E-state index is 10.9. The number of benzene rings is 2. The van der Waals surface area contributed by atoms with E-state index in [4.69, 9.17) is 37.8 Å². The number of nitrogens with one attached hydrogen (secondary N) is 1. The third-order valence-electron chi connectivity index (χ3n) is 3.74. The first-order valence-electron chi connectivity index (χ1n) is 7.71. The van der Waals surface area contributed by atoms with Gasteiger partial charge in [-0.3, -0.25) is 4.79 Å². The minimum atomic E-state index is -0.912. The Kier molecular flexibility index (Phi) is 7.58. The Bertz CT molecular complexity index is 781. The van der Waals surface area contributed by atoms with E-state index in [-0.39, 0.29) is 6.61 Å². The van der Waals surface area contributed by atoms with Gasteiger partial charge in [0.05, 0.1) is 7.11 Å². The number of hydrogen-bond acceptors (Lipinski definition) is 4. The van der Waals surface area contributed by atoms with Crippen LogP contribution < -0.4 is 14.8 Å². The van der Waals surface area contributed by atoms with Crippen molar-refractivity contribution in [2.24, 2.45) is 0 Å². The van der Waals surface area contributed by atoms with Crippen molar-refractivity contribution >= 4 is 45.1 Å². The predicted molar refractivity (Wildman–Crippen MR) is 105 cm³/mol. The first kappa shape index (κ1) is 20.8. The van der Waals surface area contributed by atoms with Gasteiger partial charge in [0.2, 0.25) is 0 Å². The Hall–Kier alpha value is -1.47. The van der Waals surface area contributed by atoms with Crippen LogP contribution in [0.1, 0.15) is 18.1 Å². The molecule has 0 aliphatic rings. The van der Waals surface area contributed by atoms with E-state index in [1.807, 2.05) is 0 Å². The lowest BCUT2D eigenvalue weighted by molar-refractivity contribution is -0.139. The molecule has 0 heterocycles. The van der Waals surface area contributed by atoms with E-state index in [2.05, 4.69) is 21.2 Å². The first-order chi connectivity index (χ1) is 12.3. The maximum absolute atomic E-state index is 10.9. The Morgan fingerprint density at radius 3 is 2.50 bits per heavy atom. The van der Waals surface area contributed by atoms with E-state index >= 15 is 0 Å². The van der Waals surface area contributed by atoms with Gasteiger partial charge in [0.25, 0.3) is 0 Å². The number of methoxy groups -OCH3 is 1. The number of ether oxygens (including phenoxy) is 2. The van der Waals surface area contributed by atoms with Crippen LogP contribution in [-0.2, 0) is 17.9 Å². The van der Waals surface area contributed by atoms with Crippen LogP contribution in [0.15, 0.2) is 34.8 Å². The van der Waals surface area contributed by atoms with Crippen LogP contribution in [-0.4, -0.2) is 24.2 Å². The highest BCUT2D eigenvalue weighted by Gasteiger charge is 2.15. The Balaban J connectivity index is 2.17. The average Bonchev–Trinajstić information content (AvgIpc) is 2.60. The number of hydrogen-bond donors (Lipinski definition) is 2. The second kappa shape index (κ2) is 9.46. The fourth-order valence-electron chi connectivity index (χ4n) is 2.16. The molecule has 2 N–H and O–H groups in total. The number of carboxylic acids is 1. The highest BCUT2D eigenvalue weighted by atomic mass is 79.9. The summed E-state index contributed by atoms with van der Waals surface area (Å²) in [7, 11) is 1.54. The van der Waals surface area contributed by atoms with Crippen molar-refractivity contribution in [2.45, 2.75) is 26.1 Å². The maximum Gasteiger partial charge on any atom is 0.320 e. The second-order valence-corrected chi connectivity index (χ2v) is 7.19. The zero-order valence-electron chi connectivity index (χ0n) is 14.2. The summed E-state index contributed by atoms with van der Waals surface area (Å²) in [5.41, 5.74) is 1.54. The van der Waals surface area contributed by atoms with Gasteiger partial charge in [-0.25, -0.2) is 0 Å². The van der Waals surface area contributed by atoms with E-state index in [0.717, 1.165) is 10.0 Å². The summed E-state index contributed by atoms with van der Waals surface area (Å²) in [5, 5.41) is 12.9. The molecule has 0 bridgehead atoms. The summed E-state index contributed by atoms with van der Waals surface area (Å²) in [6, 6.07) is 8.16. The molecule has 1 unspecified atom stereocenters. The molecule has 2 aromatic rings. The van der Waals surface area contributed by atoms with Crippen LogP contribution in [0, 0.1) is 0 Å². The molecule has 0 aromatic heterocycles. The third kappa shape index (κ3) is 5.27. The molecule has 0 saturated heterocycles. The monoisotopic (exact) mass is 461 g/mol. The minimum absolute atomic E-state index is 0.189. The fourth-order valence-corrected chi connectivity index (χ4v) is 3.12. The largest absolute Gasteiger partial charge is 0.493 e. The van der Waals surface area contributed by atoms with E-state index < -0.39 is 12.0 Å². The van der Waals surface area contributed by atoms with Crippen molar-refractivity contribution in [3.63, 3.8) is 0 Å². The molecule has 0 aliphatic carbocycles. The lowest BCUT2D eigenvalue weighted by Crippen LogP contribution is -2.33. The van der Waals surface area contributed by atoms with Crippen molar-refractivity contribution in [1.29, 1.82) is 0 Å². The highest BCUT2D eigenvalue weighted by molar-refractivity contribution is 9.10. The molecule has 0 radical (unpaired) electrons.